The minimum absolute atomic E-state index is 0.0157. The zero-order chi connectivity index (χ0) is 13.1. The summed E-state index contributed by atoms with van der Waals surface area (Å²) >= 11 is 0. The molecule has 2 fully saturated rings. The van der Waals surface area contributed by atoms with Gasteiger partial charge in [0.05, 0.1) is 6.04 Å². The van der Waals surface area contributed by atoms with Gasteiger partial charge in [-0.2, -0.15) is 0 Å². The molecule has 18 heavy (non-hydrogen) atoms. The predicted octanol–water partition coefficient (Wildman–Crippen LogP) is 0.840. The van der Waals surface area contributed by atoms with E-state index in [9.17, 15) is 9.59 Å². The number of likely N-dealkylation sites (tertiary alicyclic amines) is 1. The lowest BCUT2D eigenvalue weighted by molar-refractivity contribution is -0.149. The monoisotopic (exact) mass is 254 g/mol. The lowest BCUT2D eigenvalue weighted by Crippen LogP contribution is -2.52. The summed E-state index contributed by atoms with van der Waals surface area (Å²) in [6.07, 6.45) is 4.44. The molecule has 0 aromatic heterocycles. The minimum atomic E-state index is -0.872. The summed E-state index contributed by atoms with van der Waals surface area (Å²) in [7, 11) is 0. The molecule has 2 saturated heterocycles. The van der Waals surface area contributed by atoms with Crippen molar-refractivity contribution in [2.45, 2.75) is 51.1 Å². The van der Waals surface area contributed by atoms with E-state index in [1.165, 1.54) is 0 Å². The number of hydrogen-bond acceptors (Lipinski definition) is 3. The van der Waals surface area contributed by atoms with Crippen molar-refractivity contribution in [3.05, 3.63) is 0 Å². The minimum Gasteiger partial charge on any atom is -0.480 e. The maximum Gasteiger partial charge on any atom is 0.326 e. The molecule has 0 saturated carbocycles. The second kappa shape index (κ2) is 5.69. The number of carbonyl (C=O) groups is 2. The number of rotatable bonds is 3. The van der Waals surface area contributed by atoms with E-state index in [2.05, 4.69) is 12.2 Å². The van der Waals surface area contributed by atoms with Crippen molar-refractivity contribution in [1.82, 2.24) is 10.2 Å². The molecule has 0 aromatic rings. The first-order chi connectivity index (χ1) is 8.63. The standard InChI is InChI=1S/C13H22N2O3/c1-2-9-5-6-14-10(8-9)12(16)15-7-3-4-11(15)13(17)18/h9-11,14H,2-8H2,1H3,(H,17,18)/t9?,10?,11-/m0/s1. The first kappa shape index (κ1) is 13.3. The van der Waals surface area contributed by atoms with Gasteiger partial charge in [0.25, 0.3) is 0 Å². The van der Waals surface area contributed by atoms with Crippen LogP contribution in [0.1, 0.15) is 39.0 Å². The molecule has 0 radical (unpaired) electrons. The van der Waals surface area contributed by atoms with Crippen LogP contribution in [0, 0.1) is 5.92 Å². The summed E-state index contributed by atoms with van der Waals surface area (Å²) in [6.45, 7) is 3.60. The molecule has 2 unspecified atom stereocenters. The summed E-state index contributed by atoms with van der Waals surface area (Å²) in [6, 6.07) is -0.787. The van der Waals surface area contributed by atoms with Crippen LogP contribution in [0.4, 0.5) is 0 Å². The quantitative estimate of drug-likeness (QED) is 0.783. The van der Waals surface area contributed by atoms with E-state index in [1.54, 1.807) is 4.90 Å². The van der Waals surface area contributed by atoms with Gasteiger partial charge in [-0.05, 0) is 38.1 Å². The molecule has 0 spiro atoms. The van der Waals surface area contributed by atoms with E-state index >= 15 is 0 Å². The van der Waals surface area contributed by atoms with Crippen LogP contribution in [0.5, 0.6) is 0 Å². The van der Waals surface area contributed by atoms with E-state index < -0.39 is 12.0 Å². The summed E-state index contributed by atoms with van der Waals surface area (Å²) < 4.78 is 0. The van der Waals surface area contributed by atoms with E-state index in [0.29, 0.717) is 18.9 Å². The molecule has 0 bridgehead atoms. The molecule has 2 heterocycles. The highest BCUT2D eigenvalue weighted by molar-refractivity contribution is 5.87. The van der Waals surface area contributed by atoms with Gasteiger partial charge in [0.15, 0.2) is 0 Å². The largest absolute Gasteiger partial charge is 0.480 e. The lowest BCUT2D eigenvalue weighted by Gasteiger charge is -2.33. The number of carbonyl (C=O) groups excluding carboxylic acids is 1. The molecule has 5 nitrogen and oxygen atoms in total. The van der Waals surface area contributed by atoms with E-state index in [0.717, 1.165) is 32.2 Å². The number of nitrogens with one attached hydrogen (secondary N) is 1. The molecule has 5 heteroatoms. The maximum atomic E-state index is 12.4. The average molecular weight is 254 g/mol. The summed E-state index contributed by atoms with van der Waals surface area (Å²) in [4.78, 5) is 25.0. The van der Waals surface area contributed by atoms with Crippen LogP contribution in [-0.2, 0) is 9.59 Å². The number of piperidine rings is 1. The third-order valence-corrected chi connectivity index (χ3v) is 4.21. The third-order valence-electron chi connectivity index (χ3n) is 4.21. The summed E-state index contributed by atoms with van der Waals surface area (Å²) in [5.41, 5.74) is 0. The zero-order valence-corrected chi connectivity index (χ0v) is 10.9. The molecule has 1 amide bonds. The number of amides is 1. The fourth-order valence-electron chi connectivity index (χ4n) is 3.04. The van der Waals surface area contributed by atoms with Crippen molar-refractivity contribution in [2.24, 2.45) is 5.92 Å². The molecule has 0 aliphatic carbocycles. The second-order valence-electron chi connectivity index (χ2n) is 5.33. The van der Waals surface area contributed by atoms with E-state index in [1.807, 2.05) is 0 Å². The van der Waals surface area contributed by atoms with Crippen molar-refractivity contribution in [3.63, 3.8) is 0 Å². The Labute approximate surface area is 108 Å². The van der Waals surface area contributed by atoms with Crippen molar-refractivity contribution in [2.75, 3.05) is 13.1 Å². The Morgan fingerprint density at radius 3 is 2.83 bits per heavy atom. The molecule has 2 N–H and O–H groups in total. The number of aliphatic carboxylic acids is 1. The van der Waals surface area contributed by atoms with Crippen molar-refractivity contribution in [3.8, 4) is 0 Å². The summed E-state index contributed by atoms with van der Waals surface area (Å²) in [5.74, 6) is -0.298. The predicted molar refractivity (Wildman–Crippen MR) is 67.2 cm³/mol. The highest BCUT2D eigenvalue weighted by Crippen LogP contribution is 2.24. The van der Waals surface area contributed by atoms with E-state index in [4.69, 9.17) is 5.11 Å². The number of hydrogen-bond donors (Lipinski definition) is 2. The lowest BCUT2D eigenvalue weighted by atomic mass is 9.90. The van der Waals surface area contributed by atoms with Gasteiger partial charge < -0.3 is 15.3 Å². The van der Waals surface area contributed by atoms with Gasteiger partial charge in [-0.3, -0.25) is 4.79 Å². The highest BCUT2D eigenvalue weighted by Gasteiger charge is 2.38. The molecule has 102 valence electrons. The van der Waals surface area contributed by atoms with Crippen LogP contribution in [-0.4, -0.2) is 47.1 Å². The van der Waals surface area contributed by atoms with Gasteiger partial charge >= 0.3 is 5.97 Å². The average Bonchev–Trinajstić information content (AvgIpc) is 2.87. The Hall–Kier alpha value is -1.10. The number of nitrogens with zero attached hydrogens (tertiary/aromatic N) is 1. The molecule has 0 aromatic carbocycles. The third kappa shape index (κ3) is 2.66. The molecular formula is C13H22N2O3. The van der Waals surface area contributed by atoms with Crippen molar-refractivity contribution < 1.29 is 14.7 Å². The normalized spacial score (nSPS) is 32.5. The molecule has 2 rings (SSSR count). The Bertz CT molecular complexity index is 332. The second-order valence-corrected chi connectivity index (χ2v) is 5.33. The first-order valence-electron chi connectivity index (χ1n) is 6.90. The number of carboxylic acid groups (broad SMARTS) is 1. The highest BCUT2D eigenvalue weighted by atomic mass is 16.4. The van der Waals surface area contributed by atoms with Gasteiger partial charge in [0, 0.05) is 6.54 Å². The molecule has 3 atom stereocenters. The Morgan fingerprint density at radius 2 is 2.17 bits per heavy atom. The first-order valence-corrected chi connectivity index (χ1v) is 6.90. The van der Waals surface area contributed by atoms with Gasteiger partial charge in [0.1, 0.15) is 6.04 Å². The Balaban J connectivity index is 1.99. The van der Waals surface area contributed by atoms with Gasteiger partial charge in [0.2, 0.25) is 5.91 Å². The maximum absolute atomic E-state index is 12.4. The summed E-state index contributed by atoms with van der Waals surface area (Å²) in [5, 5.41) is 12.4. The van der Waals surface area contributed by atoms with Crippen LogP contribution in [0.15, 0.2) is 0 Å². The van der Waals surface area contributed by atoms with Crippen LogP contribution < -0.4 is 5.32 Å². The smallest absolute Gasteiger partial charge is 0.326 e. The zero-order valence-electron chi connectivity index (χ0n) is 10.9. The SMILES string of the molecule is CCC1CCNC(C(=O)N2CCC[C@H]2C(=O)O)C1. The molecule has 2 aliphatic rings. The van der Waals surface area contributed by atoms with Crippen LogP contribution in [0.3, 0.4) is 0 Å². The Morgan fingerprint density at radius 1 is 1.39 bits per heavy atom. The van der Waals surface area contributed by atoms with Crippen molar-refractivity contribution in [1.29, 1.82) is 0 Å². The van der Waals surface area contributed by atoms with E-state index in [-0.39, 0.29) is 11.9 Å². The topological polar surface area (TPSA) is 69.6 Å². The van der Waals surface area contributed by atoms with Crippen LogP contribution >= 0.6 is 0 Å². The Kier molecular flexibility index (Phi) is 4.22. The van der Waals surface area contributed by atoms with Gasteiger partial charge in [-0.15, -0.1) is 0 Å². The van der Waals surface area contributed by atoms with Gasteiger partial charge in [-0.25, -0.2) is 4.79 Å². The molecule has 2 aliphatic heterocycles. The fraction of sp³-hybridized carbons (Fsp3) is 0.846. The van der Waals surface area contributed by atoms with Crippen molar-refractivity contribution >= 4 is 11.9 Å². The molecular weight excluding hydrogens is 232 g/mol. The van der Waals surface area contributed by atoms with Crippen LogP contribution in [0.2, 0.25) is 0 Å². The fourth-order valence-corrected chi connectivity index (χ4v) is 3.04. The van der Waals surface area contributed by atoms with Crippen LogP contribution in [0.25, 0.3) is 0 Å². The number of carboxylic acids is 1. The van der Waals surface area contributed by atoms with Gasteiger partial charge in [-0.1, -0.05) is 13.3 Å².